The number of benzene rings is 2. The van der Waals surface area contributed by atoms with Crippen molar-refractivity contribution < 1.29 is 17.9 Å². The maximum Gasteiger partial charge on any atom is 0.319 e. The minimum atomic E-state index is -3.56. The lowest BCUT2D eigenvalue weighted by Gasteiger charge is -2.16. The van der Waals surface area contributed by atoms with Crippen LogP contribution in [0.1, 0.15) is 26.2 Å². The van der Waals surface area contributed by atoms with Gasteiger partial charge >= 0.3 is 5.97 Å². The van der Waals surface area contributed by atoms with Crippen LogP contribution in [0.4, 0.5) is 0 Å². The molecule has 3 aromatic rings. The van der Waals surface area contributed by atoms with E-state index in [0.717, 1.165) is 18.5 Å². The van der Waals surface area contributed by atoms with Crippen molar-refractivity contribution in [2.75, 3.05) is 13.1 Å². The van der Waals surface area contributed by atoms with Crippen LogP contribution in [0.15, 0.2) is 64.6 Å². The second kappa shape index (κ2) is 8.92. The Morgan fingerprint density at radius 3 is 2.48 bits per heavy atom. The number of thioether (sulfide) groups is 1. The fourth-order valence-corrected chi connectivity index (χ4v) is 6.88. The summed E-state index contributed by atoms with van der Waals surface area (Å²) in [6.45, 7) is 2.96. The third kappa shape index (κ3) is 4.30. The van der Waals surface area contributed by atoms with Crippen molar-refractivity contribution in [1.82, 2.24) is 19.1 Å². The molecule has 1 aromatic heterocycles. The van der Waals surface area contributed by atoms with Crippen LogP contribution in [0.25, 0.3) is 17.1 Å². The van der Waals surface area contributed by atoms with Gasteiger partial charge in [0.2, 0.25) is 10.0 Å². The summed E-state index contributed by atoms with van der Waals surface area (Å²) in [5, 5.41) is 8.97. The first-order valence-corrected chi connectivity index (χ1v) is 13.2. The van der Waals surface area contributed by atoms with Crippen molar-refractivity contribution in [3.05, 3.63) is 54.6 Å². The fraction of sp³-hybridized carbons (Fsp3) is 0.348. The van der Waals surface area contributed by atoms with Crippen LogP contribution < -0.4 is 0 Å². The summed E-state index contributed by atoms with van der Waals surface area (Å²) < 4.78 is 34.9. The molecule has 0 bridgehead atoms. The van der Waals surface area contributed by atoms with Gasteiger partial charge in [0.15, 0.2) is 11.0 Å². The van der Waals surface area contributed by atoms with Gasteiger partial charge in [-0.2, -0.15) is 4.31 Å². The lowest BCUT2D eigenvalue weighted by atomic mass is 10.2. The maximum absolute atomic E-state index is 13.1. The summed E-state index contributed by atoms with van der Waals surface area (Å²) in [7, 11) is -3.56. The van der Waals surface area contributed by atoms with Gasteiger partial charge < -0.3 is 4.74 Å². The maximum atomic E-state index is 13.1. The summed E-state index contributed by atoms with van der Waals surface area (Å²) in [6.07, 6.45) is 2.23. The van der Waals surface area contributed by atoms with E-state index in [-0.39, 0.29) is 22.2 Å². The third-order valence-electron chi connectivity index (χ3n) is 5.82. The number of nitrogens with zero attached hydrogens (tertiary/aromatic N) is 4. The highest BCUT2D eigenvalue weighted by Crippen LogP contribution is 2.35. The van der Waals surface area contributed by atoms with Crippen molar-refractivity contribution in [2.24, 2.45) is 0 Å². The monoisotopic (exact) mass is 484 g/mol. The Morgan fingerprint density at radius 2 is 1.79 bits per heavy atom. The lowest BCUT2D eigenvalue weighted by Crippen LogP contribution is -2.27. The zero-order valence-corrected chi connectivity index (χ0v) is 19.8. The molecule has 2 aromatic carbocycles. The van der Waals surface area contributed by atoms with Crippen LogP contribution in [0.3, 0.4) is 0 Å². The molecule has 8 nitrogen and oxygen atoms in total. The predicted octanol–water partition coefficient (Wildman–Crippen LogP) is 3.51. The van der Waals surface area contributed by atoms with E-state index < -0.39 is 10.0 Å². The number of carbonyl (C=O) groups excluding carboxylic acids is 1. The number of sulfonamides is 1. The normalized spacial score (nSPS) is 21.4. The Balaban J connectivity index is 1.56. The molecular weight excluding hydrogens is 460 g/mol. The first kappa shape index (κ1) is 22.1. The smallest absolute Gasteiger partial charge is 0.319 e. The Bertz CT molecular complexity index is 1270. The van der Waals surface area contributed by atoms with Gasteiger partial charge in [0.1, 0.15) is 11.4 Å². The average molecular weight is 485 g/mol. The van der Waals surface area contributed by atoms with E-state index in [1.165, 1.54) is 16.1 Å². The van der Waals surface area contributed by atoms with Crippen molar-refractivity contribution in [3.63, 3.8) is 0 Å². The van der Waals surface area contributed by atoms with E-state index in [2.05, 4.69) is 10.2 Å². The van der Waals surface area contributed by atoms with Crippen LogP contribution in [-0.2, 0) is 19.6 Å². The average Bonchev–Trinajstić information content (AvgIpc) is 3.56. The molecule has 2 atom stereocenters. The van der Waals surface area contributed by atoms with Gasteiger partial charge in [0, 0.05) is 30.8 Å². The van der Waals surface area contributed by atoms with Gasteiger partial charge in [0.25, 0.3) is 0 Å². The van der Waals surface area contributed by atoms with Gasteiger partial charge in [-0.05, 0) is 44.0 Å². The standard InChI is InChI=1S/C23H24N4O4S2/c1-16-14-20(22(28)31-16)32-23-25-24-21(27(23)18-9-3-2-4-10-18)17-8-7-11-19(15-17)33(29,30)26-12-5-6-13-26/h2-4,7-11,15-16,20H,5-6,12-14H2,1H3/t16-,20+/m0/s1. The highest BCUT2D eigenvalue weighted by molar-refractivity contribution is 8.00. The molecule has 10 heteroatoms. The number of ether oxygens (including phenoxy) is 1. The molecule has 172 valence electrons. The number of aromatic nitrogens is 3. The van der Waals surface area contributed by atoms with E-state index in [1.54, 1.807) is 18.2 Å². The molecule has 0 saturated carbocycles. The van der Waals surface area contributed by atoms with Gasteiger partial charge in [-0.1, -0.05) is 42.1 Å². The Morgan fingerprint density at radius 1 is 1.03 bits per heavy atom. The molecule has 0 radical (unpaired) electrons. The number of hydrogen-bond donors (Lipinski definition) is 0. The predicted molar refractivity (Wildman–Crippen MR) is 125 cm³/mol. The van der Waals surface area contributed by atoms with Crippen LogP contribution in [-0.4, -0.2) is 57.9 Å². The van der Waals surface area contributed by atoms with E-state index in [9.17, 15) is 13.2 Å². The number of cyclic esters (lactones) is 1. The Kier molecular flexibility index (Phi) is 5.98. The summed E-state index contributed by atoms with van der Waals surface area (Å²) in [5.74, 6) is 0.261. The molecule has 0 spiro atoms. The molecule has 3 heterocycles. The van der Waals surface area contributed by atoms with Gasteiger partial charge in [0.05, 0.1) is 4.90 Å². The molecule has 0 aliphatic carbocycles. The van der Waals surface area contributed by atoms with Crippen LogP contribution in [0.2, 0.25) is 0 Å². The second-order valence-corrected chi connectivity index (χ2v) is 11.3. The molecule has 2 aliphatic rings. The second-order valence-electron chi connectivity index (χ2n) is 8.21. The largest absolute Gasteiger partial charge is 0.462 e. The van der Waals surface area contributed by atoms with E-state index in [0.29, 0.717) is 36.1 Å². The topological polar surface area (TPSA) is 94.4 Å². The van der Waals surface area contributed by atoms with Crippen molar-refractivity contribution in [1.29, 1.82) is 0 Å². The quantitative estimate of drug-likeness (QED) is 0.494. The molecule has 2 fully saturated rings. The van der Waals surface area contributed by atoms with Crippen molar-refractivity contribution >= 4 is 27.8 Å². The number of esters is 1. The third-order valence-corrected chi connectivity index (χ3v) is 8.86. The van der Waals surface area contributed by atoms with Crippen LogP contribution >= 0.6 is 11.8 Å². The van der Waals surface area contributed by atoms with Crippen molar-refractivity contribution in [2.45, 2.75) is 47.6 Å². The molecule has 0 N–H and O–H groups in total. The van der Waals surface area contributed by atoms with Gasteiger partial charge in [-0.25, -0.2) is 8.42 Å². The highest BCUT2D eigenvalue weighted by Gasteiger charge is 2.35. The first-order valence-electron chi connectivity index (χ1n) is 10.9. The summed E-state index contributed by atoms with van der Waals surface area (Å²) in [5.41, 5.74) is 1.47. The number of para-hydroxylation sites is 1. The zero-order chi connectivity index (χ0) is 23.0. The molecule has 33 heavy (non-hydrogen) atoms. The highest BCUT2D eigenvalue weighted by atomic mass is 32.2. The minimum absolute atomic E-state index is 0.130. The molecular formula is C23H24N4O4S2. The van der Waals surface area contributed by atoms with Crippen LogP contribution in [0.5, 0.6) is 0 Å². The molecule has 2 saturated heterocycles. The van der Waals surface area contributed by atoms with Gasteiger partial charge in [-0.15, -0.1) is 10.2 Å². The number of rotatable bonds is 6. The molecule has 0 amide bonds. The molecule has 2 aliphatic heterocycles. The number of hydrogen-bond acceptors (Lipinski definition) is 7. The van der Waals surface area contributed by atoms with E-state index >= 15 is 0 Å². The Labute approximate surface area is 197 Å². The zero-order valence-electron chi connectivity index (χ0n) is 18.1. The summed E-state index contributed by atoms with van der Waals surface area (Å²) in [6, 6.07) is 16.4. The number of carbonyl (C=O) groups is 1. The molecule has 5 rings (SSSR count). The van der Waals surface area contributed by atoms with E-state index in [1.807, 2.05) is 47.9 Å². The van der Waals surface area contributed by atoms with Crippen LogP contribution in [0, 0.1) is 0 Å². The molecule has 0 unspecified atom stereocenters. The van der Waals surface area contributed by atoms with E-state index in [4.69, 9.17) is 4.74 Å². The van der Waals surface area contributed by atoms with Crippen molar-refractivity contribution in [3.8, 4) is 17.1 Å². The first-order chi connectivity index (χ1) is 15.9. The Hall–Kier alpha value is -2.69. The van der Waals surface area contributed by atoms with Gasteiger partial charge in [-0.3, -0.25) is 9.36 Å². The minimum Gasteiger partial charge on any atom is -0.462 e. The summed E-state index contributed by atoms with van der Waals surface area (Å²) >= 11 is 1.32. The lowest BCUT2D eigenvalue weighted by molar-refractivity contribution is -0.140. The fourth-order valence-electron chi connectivity index (χ4n) is 4.16. The SMILES string of the molecule is C[C@H]1C[C@@H](Sc2nnc(-c3cccc(S(=O)(=O)N4CCCC4)c3)n2-c2ccccc2)C(=O)O1. The summed E-state index contributed by atoms with van der Waals surface area (Å²) in [4.78, 5) is 12.5.